The Morgan fingerprint density at radius 2 is 1.80 bits per heavy atom. The molecule has 0 aromatic heterocycles. The van der Waals surface area contributed by atoms with E-state index in [0.29, 0.717) is 17.7 Å². The van der Waals surface area contributed by atoms with E-state index < -0.39 is 0 Å². The van der Waals surface area contributed by atoms with E-state index in [-0.39, 0.29) is 17.1 Å². The Labute approximate surface area is 121 Å². The molecule has 3 rings (SSSR count). The summed E-state index contributed by atoms with van der Waals surface area (Å²) < 4.78 is 13.9. The molecule has 1 aliphatic rings. The summed E-state index contributed by atoms with van der Waals surface area (Å²) >= 11 is 1.61. The number of thioether (sulfide) groups is 1. The summed E-state index contributed by atoms with van der Waals surface area (Å²) in [5, 5.41) is -0.232. The van der Waals surface area contributed by atoms with Gasteiger partial charge in [-0.3, -0.25) is 4.79 Å². The summed E-state index contributed by atoms with van der Waals surface area (Å²) in [5.41, 5.74) is 1.23. The predicted molar refractivity (Wildman–Crippen MR) is 79.1 cm³/mol. The third kappa shape index (κ3) is 2.43. The van der Waals surface area contributed by atoms with E-state index in [1.165, 1.54) is 6.07 Å². The van der Waals surface area contributed by atoms with Gasteiger partial charge in [-0.1, -0.05) is 36.4 Å². The molecule has 4 heteroatoms. The molecule has 1 unspecified atom stereocenters. The number of amides is 1. The van der Waals surface area contributed by atoms with Crippen molar-refractivity contribution in [3.05, 3.63) is 71.5 Å². The van der Waals surface area contributed by atoms with Gasteiger partial charge in [0.2, 0.25) is 0 Å². The first-order valence-corrected chi connectivity index (χ1v) is 7.54. The van der Waals surface area contributed by atoms with Crippen LogP contribution in [-0.2, 0) is 0 Å². The molecule has 1 aliphatic heterocycles. The summed E-state index contributed by atoms with van der Waals surface area (Å²) in [4.78, 5) is 14.3. The number of benzene rings is 2. The SMILES string of the molecule is O=C(c1ccccc1)N1CCSC1c1ccccc1F. The van der Waals surface area contributed by atoms with Crippen LogP contribution in [0.2, 0.25) is 0 Å². The number of halogens is 1. The van der Waals surface area contributed by atoms with Crippen LogP contribution < -0.4 is 0 Å². The van der Waals surface area contributed by atoms with E-state index in [9.17, 15) is 9.18 Å². The lowest BCUT2D eigenvalue weighted by Gasteiger charge is -2.24. The average Bonchev–Trinajstić information content (AvgIpc) is 2.97. The summed E-state index contributed by atoms with van der Waals surface area (Å²) in [6.45, 7) is 0.650. The summed E-state index contributed by atoms with van der Waals surface area (Å²) in [5.74, 6) is 0.541. The number of hydrogen-bond donors (Lipinski definition) is 0. The van der Waals surface area contributed by atoms with Crippen LogP contribution in [-0.4, -0.2) is 23.1 Å². The van der Waals surface area contributed by atoms with E-state index in [1.807, 2.05) is 24.3 Å². The standard InChI is InChI=1S/C16H14FNOS/c17-14-9-5-4-8-13(14)16-18(10-11-20-16)15(19)12-6-2-1-3-7-12/h1-9,16H,10-11H2. The molecule has 0 saturated carbocycles. The highest BCUT2D eigenvalue weighted by molar-refractivity contribution is 7.99. The lowest BCUT2D eigenvalue weighted by atomic mass is 10.1. The van der Waals surface area contributed by atoms with Crippen LogP contribution in [0.3, 0.4) is 0 Å². The molecule has 0 radical (unpaired) electrons. The van der Waals surface area contributed by atoms with Crippen LogP contribution in [0.4, 0.5) is 4.39 Å². The van der Waals surface area contributed by atoms with Crippen molar-refractivity contribution < 1.29 is 9.18 Å². The minimum Gasteiger partial charge on any atom is -0.322 e. The second kappa shape index (κ2) is 5.67. The monoisotopic (exact) mass is 287 g/mol. The van der Waals surface area contributed by atoms with Crippen LogP contribution in [0.1, 0.15) is 21.3 Å². The molecule has 0 aliphatic carbocycles. The Bertz CT molecular complexity index is 617. The number of carbonyl (C=O) groups is 1. The molecule has 102 valence electrons. The third-order valence-corrected chi connectivity index (χ3v) is 4.59. The highest BCUT2D eigenvalue weighted by Crippen LogP contribution is 2.39. The second-order valence-corrected chi connectivity index (χ2v) is 5.80. The van der Waals surface area contributed by atoms with Crippen molar-refractivity contribution in [1.82, 2.24) is 4.90 Å². The van der Waals surface area contributed by atoms with Gasteiger partial charge >= 0.3 is 0 Å². The minimum absolute atomic E-state index is 0.0381. The van der Waals surface area contributed by atoms with Crippen LogP contribution in [0.25, 0.3) is 0 Å². The van der Waals surface area contributed by atoms with Gasteiger partial charge in [0.05, 0.1) is 0 Å². The van der Waals surface area contributed by atoms with Gasteiger partial charge in [-0.05, 0) is 18.2 Å². The maximum Gasteiger partial charge on any atom is 0.255 e. The lowest BCUT2D eigenvalue weighted by Crippen LogP contribution is -2.30. The van der Waals surface area contributed by atoms with Gasteiger partial charge in [0.25, 0.3) is 5.91 Å². The maximum atomic E-state index is 13.9. The molecule has 1 heterocycles. The zero-order valence-corrected chi connectivity index (χ0v) is 11.6. The molecule has 0 bridgehead atoms. The van der Waals surface area contributed by atoms with Crippen LogP contribution in [0, 0.1) is 5.82 Å². The van der Waals surface area contributed by atoms with E-state index >= 15 is 0 Å². The number of carbonyl (C=O) groups excluding carboxylic acids is 1. The summed E-state index contributed by atoms with van der Waals surface area (Å²) in [7, 11) is 0. The normalized spacial score (nSPS) is 18.2. The van der Waals surface area contributed by atoms with Gasteiger partial charge in [-0.2, -0.15) is 0 Å². The van der Waals surface area contributed by atoms with Gasteiger partial charge < -0.3 is 4.90 Å². The molecule has 0 N–H and O–H groups in total. The Hall–Kier alpha value is -1.81. The largest absolute Gasteiger partial charge is 0.322 e. The molecule has 2 nitrogen and oxygen atoms in total. The molecule has 2 aromatic rings. The highest BCUT2D eigenvalue weighted by Gasteiger charge is 2.32. The van der Waals surface area contributed by atoms with Gasteiger partial charge in [0.1, 0.15) is 11.2 Å². The molecule has 2 aromatic carbocycles. The first kappa shape index (κ1) is 13.2. The molecule has 20 heavy (non-hydrogen) atoms. The van der Waals surface area contributed by atoms with Gasteiger partial charge in [-0.25, -0.2) is 4.39 Å². The average molecular weight is 287 g/mol. The summed E-state index contributed by atoms with van der Waals surface area (Å²) in [6, 6.07) is 15.8. The van der Waals surface area contributed by atoms with Gasteiger partial charge in [-0.15, -0.1) is 11.8 Å². The van der Waals surface area contributed by atoms with E-state index in [4.69, 9.17) is 0 Å². The van der Waals surface area contributed by atoms with Crippen molar-refractivity contribution in [3.8, 4) is 0 Å². The molecule has 1 atom stereocenters. The fourth-order valence-corrected chi connectivity index (χ4v) is 3.63. The lowest BCUT2D eigenvalue weighted by molar-refractivity contribution is 0.0759. The number of hydrogen-bond acceptors (Lipinski definition) is 2. The Morgan fingerprint density at radius 1 is 1.10 bits per heavy atom. The topological polar surface area (TPSA) is 20.3 Å². The van der Waals surface area contributed by atoms with E-state index in [1.54, 1.807) is 40.9 Å². The molecule has 1 amide bonds. The smallest absolute Gasteiger partial charge is 0.255 e. The molecule has 1 fully saturated rings. The fraction of sp³-hybridized carbons (Fsp3) is 0.188. The van der Waals surface area contributed by atoms with Crippen molar-refractivity contribution >= 4 is 17.7 Å². The third-order valence-electron chi connectivity index (χ3n) is 3.34. The highest BCUT2D eigenvalue weighted by atomic mass is 32.2. The molecular formula is C16H14FNOS. The fourth-order valence-electron chi connectivity index (χ4n) is 2.36. The first-order chi connectivity index (χ1) is 9.77. The second-order valence-electron chi connectivity index (χ2n) is 4.61. The molecule has 1 saturated heterocycles. The van der Waals surface area contributed by atoms with Crippen molar-refractivity contribution in [2.45, 2.75) is 5.37 Å². The maximum absolute atomic E-state index is 13.9. The van der Waals surface area contributed by atoms with Gasteiger partial charge in [0, 0.05) is 23.4 Å². The number of rotatable bonds is 2. The van der Waals surface area contributed by atoms with Crippen LogP contribution >= 0.6 is 11.8 Å². The zero-order chi connectivity index (χ0) is 13.9. The Balaban J connectivity index is 1.90. The molecular weight excluding hydrogens is 273 g/mol. The van der Waals surface area contributed by atoms with Crippen LogP contribution in [0.5, 0.6) is 0 Å². The van der Waals surface area contributed by atoms with Crippen molar-refractivity contribution in [2.24, 2.45) is 0 Å². The van der Waals surface area contributed by atoms with E-state index in [0.717, 1.165) is 5.75 Å². The van der Waals surface area contributed by atoms with Gasteiger partial charge in [0.15, 0.2) is 0 Å². The summed E-state index contributed by atoms with van der Waals surface area (Å²) in [6.07, 6.45) is 0. The van der Waals surface area contributed by atoms with Crippen molar-refractivity contribution in [2.75, 3.05) is 12.3 Å². The Morgan fingerprint density at radius 3 is 2.55 bits per heavy atom. The van der Waals surface area contributed by atoms with E-state index in [2.05, 4.69) is 0 Å². The van der Waals surface area contributed by atoms with Crippen LogP contribution in [0.15, 0.2) is 54.6 Å². The Kier molecular flexibility index (Phi) is 3.74. The molecule has 0 spiro atoms. The first-order valence-electron chi connectivity index (χ1n) is 6.49. The zero-order valence-electron chi connectivity index (χ0n) is 10.8. The van der Waals surface area contributed by atoms with Crippen molar-refractivity contribution in [1.29, 1.82) is 0 Å². The predicted octanol–water partition coefficient (Wildman–Crippen LogP) is 3.71. The van der Waals surface area contributed by atoms with Crippen molar-refractivity contribution in [3.63, 3.8) is 0 Å². The minimum atomic E-state index is -0.252. The quantitative estimate of drug-likeness (QED) is 0.839. The number of nitrogens with zero attached hydrogens (tertiary/aromatic N) is 1.